The molecule has 3 rings (SSSR count). The number of esters is 1. The van der Waals surface area contributed by atoms with E-state index in [-0.39, 0.29) is 19.7 Å². The van der Waals surface area contributed by atoms with Crippen molar-refractivity contribution in [3.05, 3.63) is 71.0 Å². The first kappa shape index (κ1) is 32.8. The SMILES string of the molecule is CCCCCCCCCCCc1noc(-c2cccc(CN(Cc3ccc(C(F)(F)F)cc3)C(=O)C(=O)OCC)c2)n1. The number of hydrogen-bond donors (Lipinski definition) is 0. The summed E-state index contributed by atoms with van der Waals surface area (Å²) < 4.78 is 49.3. The summed E-state index contributed by atoms with van der Waals surface area (Å²) >= 11 is 0. The normalized spacial score (nSPS) is 11.5. The minimum atomic E-state index is -4.47. The Balaban J connectivity index is 1.62. The third-order valence-electron chi connectivity index (χ3n) is 6.91. The van der Waals surface area contributed by atoms with Crippen LogP contribution >= 0.6 is 0 Å². The lowest BCUT2D eigenvalue weighted by Crippen LogP contribution is -2.36. The van der Waals surface area contributed by atoms with E-state index in [4.69, 9.17) is 9.26 Å². The van der Waals surface area contributed by atoms with Crippen LogP contribution in [0.5, 0.6) is 0 Å². The Morgan fingerprint density at radius 1 is 0.857 bits per heavy atom. The van der Waals surface area contributed by atoms with E-state index in [1.165, 1.54) is 62.0 Å². The third-order valence-corrected chi connectivity index (χ3v) is 6.91. The number of unbranched alkanes of at least 4 members (excludes halogenated alkanes) is 8. The largest absolute Gasteiger partial charge is 0.459 e. The van der Waals surface area contributed by atoms with Gasteiger partial charge in [0.15, 0.2) is 5.82 Å². The molecule has 0 spiro atoms. The number of amides is 1. The first-order valence-corrected chi connectivity index (χ1v) is 14.7. The second-order valence-corrected chi connectivity index (χ2v) is 10.4. The summed E-state index contributed by atoms with van der Waals surface area (Å²) in [6.07, 6.45) is 7.32. The molecule has 0 radical (unpaired) electrons. The molecule has 0 N–H and O–H groups in total. The smallest absolute Gasteiger partial charge is 0.416 e. The molecule has 0 bridgehead atoms. The Morgan fingerprint density at radius 2 is 1.50 bits per heavy atom. The molecule has 0 aliphatic rings. The summed E-state index contributed by atoms with van der Waals surface area (Å²) in [6.45, 7) is 3.77. The Labute approximate surface area is 245 Å². The first-order valence-electron chi connectivity index (χ1n) is 14.7. The van der Waals surface area contributed by atoms with Crippen molar-refractivity contribution in [1.82, 2.24) is 15.0 Å². The van der Waals surface area contributed by atoms with Crippen LogP contribution in [0.4, 0.5) is 13.2 Å². The quantitative estimate of drug-likeness (QED) is 0.0962. The molecule has 0 saturated carbocycles. The van der Waals surface area contributed by atoms with Crippen molar-refractivity contribution in [2.24, 2.45) is 0 Å². The monoisotopic (exact) mass is 587 g/mol. The van der Waals surface area contributed by atoms with Crippen molar-refractivity contribution in [1.29, 1.82) is 0 Å². The van der Waals surface area contributed by atoms with Crippen LogP contribution in [0.3, 0.4) is 0 Å². The van der Waals surface area contributed by atoms with Crippen molar-refractivity contribution >= 4 is 11.9 Å². The Hall–Kier alpha value is -3.69. The van der Waals surface area contributed by atoms with Gasteiger partial charge in [0.2, 0.25) is 0 Å². The van der Waals surface area contributed by atoms with Crippen LogP contribution in [-0.2, 0) is 40.0 Å². The molecule has 1 aromatic heterocycles. The second kappa shape index (κ2) is 16.7. The summed E-state index contributed by atoms with van der Waals surface area (Å²) in [4.78, 5) is 30.9. The maximum absolute atomic E-state index is 13.0. The number of hydrogen-bond acceptors (Lipinski definition) is 6. The van der Waals surface area contributed by atoms with Crippen molar-refractivity contribution in [2.75, 3.05) is 6.61 Å². The van der Waals surface area contributed by atoms with Crippen molar-refractivity contribution < 1.29 is 32.0 Å². The van der Waals surface area contributed by atoms with Gasteiger partial charge in [0.05, 0.1) is 12.2 Å². The van der Waals surface area contributed by atoms with Crippen molar-refractivity contribution in [2.45, 2.75) is 97.3 Å². The summed E-state index contributed by atoms with van der Waals surface area (Å²) in [7, 11) is 0. The Kier molecular flexibility index (Phi) is 13.0. The van der Waals surface area contributed by atoms with Gasteiger partial charge in [0.1, 0.15) is 0 Å². The van der Waals surface area contributed by atoms with Crippen LogP contribution in [0, 0.1) is 0 Å². The van der Waals surface area contributed by atoms with E-state index >= 15 is 0 Å². The molecule has 0 unspecified atom stereocenters. The topological polar surface area (TPSA) is 85.5 Å². The lowest BCUT2D eigenvalue weighted by molar-refractivity contribution is -0.160. The lowest BCUT2D eigenvalue weighted by atomic mass is 10.1. The lowest BCUT2D eigenvalue weighted by Gasteiger charge is -2.22. The number of rotatable bonds is 16. The van der Waals surface area contributed by atoms with E-state index in [1.807, 2.05) is 6.07 Å². The molecule has 1 amide bonds. The van der Waals surface area contributed by atoms with Gasteiger partial charge >= 0.3 is 18.1 Å². The maximum atomic E-state index is 13.0. The highest BCUT2D eigenvalue weighted by molar-refractivity contribution is 6.32. The van der Waals surface area contributed by atoms with Gasteiger partial charge in [-0.25, -0.2) is 4.79 Å². The van der Waals surface area contributed by atoms with Crippen LogP contribution in [0.25, 0.3) is 11.5 Å². The molecular weight excluding hydrogens is 547 g/mol. The molecule has 10 heteroatoms. The Bertz CT molecular complexity index is 1260. The fraction of sp³-hybridized carbons (Fsp3) is 0.500. The standard InChI is InChI=1S/C32H40F3N3O4/c1-3-5-6-7-8-9-10-11-12-16-28-36-29(42-37-28)26-15-13-14-25(21-26)23-38(30(39)31(40)41-4-2)22-24-17-19-27(20-18-24)32(33,34)35/h13-15,17-21H,3-12,16,22-23H2,1-2H3. The highest BCUT2D eigenvalue weighted by Crippen LogP contribution is 2.29. The zero-order valence-electron chi connectivity index (χ0n) is 24.4. The molecule has 1 heterocycles. The second-order valence-electron chi connectivity index (χ2n) is 10.4. The third kappa shape index (κ3) is 10.6. The van der Waals surface area contributed by atoms with Crippen LogP contribution in [-0.4, -0.2) is 33.5 Å². The number of carbonyl (C=O) groups excluding carboxylic acids is 2. The molecule has 0 saturated heterocycles. The van der Waals surface area contributed by atoms with Gasteiger partial charge in [-0.15, -0.1) is 0 Å². The molecule has 42 heavy (non-hydrogen) atoms. The zero-order valence-corrected chi connectivity index (χ0v) is 24.4. The molecular formula is C32H40F3N3O4. The van der Waals surface area contributed by atoms with E-state index in [9.17, 15) is 22.8 Å². The van der Waals surface area contributed by atoms with Crippen LogP contribution in [0.15, 0.2) is 53.1 Å². The summed E-state index contributed by atoms with van der Waals surface area (Å²) in [6, 6.07) is 11.6. The van der Waals surface area contributed by atoms with Crippen LogP contribution in [0.2, 0.25) is 0 Å². The molecule has 0 aliphatic carbocycles. The van der Waals surface area contributed by atoms with Crippen molar-refractivity contribution in [3.63, 3.8) is 0 Å². The van der Waals surface area contributed by atoms with E-state index in [2.05, 4.69) is 17.1 Å². The zero-order chi connectivity index (χ0) is 30.4. The van der Waals surface area contributed by atoms with E-state index in [1.54, 1.807) is 25.1 Å². The number of alkyl halides is 3. The predicted octanol–water partition coefficient (Wildman–Crippen LogP) is 7.92. The van der Waals surface area contributed by atoms with E-state index < -0.39 is 23.6 Å². The van der Waals surface area contributed by atoms with Gasteiger partial charge in [-0.3, -0.25) is 4.79 Å². The molecule has 228 valence electrons. The van der Waals surface area contributed by atoms with Gasteiger partial charge < -0.3 is 14.2 Å². The molecule has 3 aromatic rings. The predicted molar refractivity (Wildman–Crippen MR) is 153 cm³/mol. The highest BCUT2D eigenvalue weighted by atomic mass is 19.4. The van der Waals surface area contributed by atoms with Gasteiger partial charge in [0, 0.05) is 25.1 Å². The average Bonchev–Trinajstić information content (AvgIpc) is 3.45. The molecule has 0 atom stereocenters. The number of nitrogens with zero attached hydrogens (tertiary/aromatic N) is 3. The number of ether oxygens (including phenoxy) is 1. The molecule has 0 aliphatic heterocycles. The first-order chi connectivity index (χ1) is 20.2. The van der Waals surface area contributed by atoms with Crippen molar-refractivity contribution in [3.8, 4) is 11.5 Å². The van der Waals surface area contributed by atoms with Gasteiger partial charge in [-0.1, -0.05) is 87.7 Å². The Morgan fingerprint density at radius 3 is 2.14 bits per heavy atom. The van der Waals surface area contributed by atoms with Gasteiger partial charge in [-0.05, 0) is 48.7 Å². The summed E-state index contributed by atoms with van der Waals surface area (Å²) in [5.74, 6) is -0.921. The average molecular weight is 588 g/mol. The minimum absolute atomic E-state index is 0.0198. The maximum Gasteiger partial charge on any atom is 0.416 e. The van der Waals surface area contributed by atoms with Crippen LogP contribution in [0.1, 0.15) is 94.1 Å². The fourth-order valence-corrected chi connectivity index (χ4v) is 4.63. The van der Waals surface area contributed by atoms with Gasteiger partial charge in [0.25, 0.3) is 5.89 Å². The summed E-state index contributed by atoms with van der Waals surface area (Å²) in [5.41, 5.74) is 0.987. The number of aryl methyl sites for hydroxylation is 1. The number of aromatic nitrogens is 2. The minimum Gasteiger partial charge on any atom is -0.459 e. The molecule has 0 fully saturated rings. The van der Waals surface area contributed by atoms with Crippen LogP contribution < -0.4 is 0 Å². The highest BCUT2D eigenvalue weighted by Gasteiger charge is 2.30. The van der Waals surface area contributed by atoms with E-state index in [0.29, 0.717) is 28.4 Å². The van der Waals surface area contributed by atoms with Gasteiger partial charge in [-0.2, -0.15) is 18.2 Å². The fourth-order valence-electron chi connectivity index (χ4n) is 4.63. The number of halogens is 3. The number of benzene rings is 2. The molecule has 2 aromatic carbocycles. The summed E-state index contributed by atoms with van der Waals surface area (Å²) in [5, 5.41) is 4.11. The number of carbonyl (C=O) groups is 2. The van der Waals surface area contributed by atoms with E-state index in [0.717, 1.165) is 31.4 Å². The molecule has 7 nitrogen and oxygen atoms in total.